The first-order valence-electron chi connectivity index (χ1n) is 11.6. The van der Waals surface area contributed by atoms with Gasteiger partial charge in [0.05, 0.1) is 19.1 Å². The molecule has 1 fully saturated rings. The Bertz CT molecular complexity index is 867. The lowest BCUT2D eigenvalue weighted by Crippen LogP contribution is -2.47. The third-order valence-corrected chi connectivity index (χ3v) is 7.01. The van der Waals surface area contributed by atoms with E-state index in [2.05, 4.69) is 24.0 Å². The first kappa shape index (κ1) is 24.5. The number of methoxy groups -OCH3 is 2. The molecule has 2 aromatic rings. The molecule has 0 atom stereocenters. The summed E-state index contributed by atoms with van der Waals surface area (Å²) in [4.78, 5) is 18.3. The van der Waals surface area contributed by atoms with E-state index in [1.54, 1.807) is 26.0 Å². The summed E-state index contributed by atoms with van der Waals surface area (Å²) in [6.45, 7) is 7.04. The number of nitrogens with zero attached hydrogens (tertiary/aromatic N) is 2. The number of hydrogen-bond donors (Lipinski definition) is 0. The Morgan fingerprint density at radius 3 is 2.34 bits per heavy atom. The smallest absolute Gasteiger partial charge is 0.226 e. The molecule has 32 heavy (non-hydrogen) atoms. The van der Waals surface area contributed by atoms with Gasteiger partial charge in [0.2, 0.25) is 5.91 Å². The number of carbonyl (C=O) groups excluding carboxylic acids is 1. The van der Waals surface area contributed by atoms with Crippen LogP contribution >= 0.6 is 11.8 Å². The predicted molar refractivity (Wildman–Crippen MR) is 133 cm³/mol. The largest absolute Gasteiger partial charge is 0.496 e. The van der Waals surface area contributed by atoms with E-state index in [1.807, 2.05) is 42.2 Å². The molecule has 1 saturated heterocycles. The minimum atomic E-state index is 0.205. The topological polar surface area (TPSA) is 42.0 Å². The first-order valence-corrected chi connectivity index (χ1v) is 12.6. The van der Waals surface area contributed by atoms with Gasteiger partial charge in [0.15, 0.2) is 0 Å². The summed E-state index contributed by atoms with van der Waals surface area (Å²) >= 11 is 1.77. The van der Waals surface area contributed by atoms with Crippen molar-refractivity contribution in [2.45, 2.75) is 50.5 Å². The highest BCUT2D eigenvalue weighted by Gasteiger charge is 2.28. The second-order valence-electron chi connectivity index (χ2n) is 8.02. The van der Waals surface area contributed by atoms with Crippen LogP contribution in [0.1, 0.15) is 38.7 Å². The van der Waals surface area contributed by atoms with Gasteiger partial charge in [-0.2, -0.15) is 0 Å². The zero-order chi connectivity index (χ0) is 22.9. The van der Waals surface area contributed by atoms with E-state index in [1.165, 1.54) is 5.56 Å². The van der Waals surface area contributed by atoms with E-state index in [-0.39, 0.29) is 11.9 Å². The fourth-order valence-corrected chi connectivity index (χ4v) is 5.18. The van der Waals surface area contributed by atoms with Gasteiger partial charge in [-0.1, -0.05) is 32.0 Å². The molecule has 1 aliphatic rings. The second-order valence-corrected chi connectivity index (χ2v) is 9.33. The SMILES string of the molecule is CCSc1cc(OC)c(CCN2CCC(N(C(=O)CC)c3ccccc3)CC2)cc1OC. The van der Waals surface area contributed by atoms with Crippen LogP contribution in [0.25, 0.3) is 0 Å². The van der Waals surface area contributed by atoms with E-state index < -0.39 is 0 Å². The lowest BCUT2D eigenvalue weighted by Gasteiger charge is -2.38. The number of carbonyl (C=O) groups is 1. The standard InChI is InChI=1S/C26H36N2O3S/c1-5-26(29)28(21-10-8-7-9-11-21)22-13-16-27(17-14-22)15-12-20-18-24(31-4)25(32-6-2)19-23(20)30-3/h7-11,18-19,22H,5-6,12-17H2,1-4H3. The third-order valence-electron chi connectivity index (χ3n) is 6.09. The number of rotatable bonds is 10. The number of likely N-dealkylation sites (tertiary alicyclic amines) is 1. The van der Waals surface area contributed by atoms with Crippen LogP contribution in [-0.4, -0.2) is 56.5 Å². The minimum absolute atomic E-state index is 0.205. The van der Waals surface area contributed by atoms with Gasteiger partial charge in [-0.25, -0.2) is 0 Å². The summed E-state index contributed by atoms with van der Waals surface area (Å²) in [6.07, 6.45) is 3.43. The number of thioether (sulfide) groups is 1. The summed E-state index contributed by atoms with van der Waals surface area (Å²) < 4.78 is 11.3. The monoisotopic (exact) mass is 456 g/mol. The van der Waals surface area contributed by atoms with E-state index in [9.17, 15) is 4.79 Å². The van der Waals surface area contributed by atoms with Crippen LogP contribution < -0.4 is 14.4 Å². The van der Waals surface area contributed by atoms with Gasteiger partial charge in [-0.05, 0) is 54.8 Å². The van der Waals surface area contributed by atoms with Crippen molar-refractivity contribution in [1.82, 2.24) is 4.90 Å². The number of hydrogen-bond acceptors (Lipinski definition) is 5. The Balaban J connectivity index is 1.62. The van der Waals surface area contributed by atoms with Gasteiger partial charge in [-0.15, -0.1) is 11.8 Å². The molecule has 0 aliphatic carbocycles. The molecule has 3 rings (SSSR count). The molecule has 2 aromatic carbocycles. The summed E-state index contributed by atoms with van der Waals surface area (Å²) in [5.74, 6) is 3.05. The van der Waals surface area contributed by atoms with E-state index in [4.69, 9.17) is 9.47 Å². The number of benzene rings is 2. The number of anilines is 1. The van der Waals surface area contributed by atoms with E-state index in [0.717, 1.165) is 66.7 Å². The molecule has 1 aliphatic heterocycles. The van der Waals surface area contributed by atoms with Gasteiger partial charge >= 0.3 is 0 Å². The molecule has 174 valence electrons. The zero-order valence-electron chi connectivity index (χ0n) is 19.8. The van der Waals surface area contributed by atoms with Crippen molar-refractivity contribution in [3.63, 3.8) is 0 Å². The second kappa shape index (κ2) is 12.2. The van der Waals surface area contributed by atoms with Crippen molar-refractivity contribution < 1.29 is 14.3 Å². The Hall–Kier alpha value is -2.18. The summed E-state index contributed by atoms with van der Waals surface area (Å²) in [6, 6.07) is 14.6. The summed E-state index contributed by atoms with van der Waals surface area (Å²) in [5.41, 5.74) is 2.19. The van der Waals surface area contributed by atoms with Crippen LogP contribution in [0.2, 0.25) is 0 Å². The predicted octanol–water partition coefficient (Wildman–Crippen LogP) is 5.27. The molecule has 0 bridgehead atoms. The molecular weight excluding hydrogens is 420 g/mol. The Labute approximate surface area is 197 Å². The molecule has 1 amide bonds. The normalized spacial score (nSPS) is 14.9. The van der Waals surface area contributed by atoms with Crippen LogP contribution in [0.15, 0.2) is 47.4 Å². The Morgan fingerprint density at radius 1 is 1.06 bits per heavy atom. The number of ether oxygens (including phenoxy) is 2. The highest BCUT2D eigenvalue weighted by molar-refractivity contribution is 7.99. The fourth-order valence-electron chi connectivity index (χ4n) is 4.39. The van der Waals surface area contributed by atoms with Gasteiger partial charge in [0.1, 0.15) is 11.5 Å². The Kier molecular flexibility index (Phi) is 9.30. The highest BCUT2D eigenvalue weighted by Crippen LogP contribution is 2.36. The van der Waals surface area contributed by atoms with Crippen molar-refractivity contribution in [1.29, 1.82) is 0 Å². The molecule has 0 radical (unpaired) electrons. The van der Waals surface area contributed by atoms with Crippen molar-refractivity contribution >= 4 is 23.4 Å². The molecular formula is C26H36N2O3S. The molecule has 0 saturated carbocycles. The van der Waals surface area contributed by atoms with Gasteiger partial charge in [0, 0.05) is 37.8 Å². The summed E-state index contributed by atoms with van der Waals surface area (Å²) in [5, 5.41) is 0. The van der Waals surface area contributed by atoms with Gasteiger partial charge in [0.25, 0.3) is 0 Å². The molecule has 6 heteroatoms. The average Bonchev–Trinajstić information content (AvgIpc) is 2.84. The lowest BCUT2D eigenvalue weighted by atomic mass is 10.0. The van der Waals surface area contributed by atoms with Crippen LogP contribution in [0.4, 0.5) is 5.69 Å². The zero-order valence-corrected chi connectivity index (χ0v) is 20.6. The van der Waals surface area contributed by atoms with Crippen LogP contribution in [0, 0.1) is 0 Å². The first-order chi connectivity index (χ1) is 15.6. The van der Waals surface area contributed by atoms with Gasteiger partial charge in [-0.3, -0.25) is 4.79 Å². The molecule has 0 N–H and O–H groups in total. The maximum absolute atomic E-state index is 12.7. The maximum atomic E-state index is 12.7. The minimum Gasteiger partial charge on any atom is -0.496 e. The molecule has 1 heterocycles. The van der Waals surface area contributed by atoms with Crippen molar-refractivity contribution in [2.24, 2.45) is 0 Å². The highest BCUT2D eigenvalue weighted by atomic mass is 32.2. The van der Waals surface area contributed by atoms with E-state index in [0.29, 0.717) is 6.42 Å². The van der Waals surface area contributed by atoms with Crippen molar-refractivity contribution in [2.75, 3.05) is 44.5 Å². The van der Waals surface area contributed by atoms with Crippen molar-refractivity contribution in [3.8, 4) is 11.5 Å². The maximum Gasteiger partial charge on any atom is 0.226 e. The molecule has 5 nitrogen and oxygen atoms in total. The summed E-state index contributed by atoms with van der Waals surface area (Å²) in [7, 11) is 3.46. The third kappa shape index (κ3) is 5.99. The number of para-hydroxylation sites is 1. The van der Waals surface area contributed by atoms with Crippen LogP contribution in [0.5, 0.6) is 11.5 Å². The van der Waals surface area contributed by atoms with Crippen LogP contribution in [0.3, 0.4) is 0 Å². The number of piperidine rings is 1. The quantitative estimate of drug-likeness (QED) is 0.456. The van der Waals surface area contributed by atoms with Crippen molar-refractivity contribution in [3.05, 3.63) is 48.0 Å². The van der Waals surface area contributed by atoms with Gasteiger partial charge < -0.3 is 19.3 Å². The fraction of sp³-hybridized carbons (Fsp3) is 0.500. The molecule has 0 unspecified atom stereocenters. The number of amides is 1. The van der Waals surface area contributed by atoms with Crippen LogP contribution in [-0.2, 0) is 11.2 Å². The molecule has 0 aromatic heterocycles. The lowest BCUT2D eigenvalue weighted by molar-refractivity contribution is -0.119. The van der Waals surface area contributed by atoms with E-state index >= 15 is 0 Å². The Morgan fingerprint density at radius 2 is 1.75 bits per heavy atom. The average molecular weight is 457 g/mol. The molecule has 0 spiro atoms.